The summed E-state index contributed by atoms with van der Waals surface area (Å²) in [4.78, 5) is 15.7. The van der Waals surface area contributed by atoms with Crippen molar-refractivity contribution in [3.05, 3.63) is 41.6 Å². The van der Waals surface area contributed by atoms with Gasteiger partial charge in [-0.1, -0.05) is 12.1 Å². The normalized spacial score (nSPS) is 12.4. The first kappa shape index (κ1) is 11.9. The van der Waals surface area contributed by atoms with Crippen molar-refractivity contribution in [2.75, 3.05) is 7.11 Å². The molecule has 1 aromatic carbocycles. The Morgan fingerprint density at radius 1 is 1.35 bits per heavy atom. The zero-order valence-corrected chi connectivity index (χ0v) is 10.4. The number of methoxy groups -OCH3 is 1. The Labute approximate surface area is 104 Å². The lowest BCUT2D eigenvalue weighted by atomic mass is 10.1. The summed E-state index contributed by atoms with van der Waals surface area (Å²) >= 11 is 5.99. The van der Waals surface area contributed by atoms with E-state index in [4.69, 9.17) is 11.6 Å². The average Bonchev–Trinajstić information content (AvgIpc) is 2.36. The van der Waals surface area contributed by atoms with Crippen LogP contribution >= 0.6 is 11.6 Å². The van der Waals surface area contributed by atoms with Gasteiger partial charge in [0.05, 0.1) is 12.6 Å². The molecule has 0 fully saturated rings. The maximum atomic E-state index is 11.3. The van der Waals surface area contributed by atoms with E-state index in [0.717, 1.165) is 22.2 Å². The number of halogens is 1. The molecule has 3 nitrogen and oxygen atoms in total. The zero-order chi connectivity index (χ0) is 12.4. The standard InChI is InChI=1S/C13H12ClNO2/c1-8-3-4-9-7-10(5-6-11(9)15-8)12(14)13(16)17-2/h3-7,12H,1-2H3. The number of rotatable bonds is 2. The van der Waals surface area contributed by atoms with E-state index in [1.165, 1.54) is 7.11 Å². The van der Waals surface area contributed by atoms with Gasteiger partial charge in [-0.05, 0) is 30.7 Å². The summed E-state index contributed by atoms with van der Waals surface area (Å²) in [6.07, 6.45) is 0. The Hall–Kier alpha value is -1.61. The van der Waals surface area contributed by atoms with Crippen LogP contribution in [0.1, 0.15) is 16.6 Å². The first-order chi connectivity index (χ1) is 8.11. The van der Waals surface area contributed by atoms with Crippen LogP contribution in [0.3, 0.4) is 0 Å². The van der Waals surface area contributed by atoms with Crippen LogP contribution in [0.2, 0.25) is 0 Å². The number of pyridine rings is 1. The molecule has 0 spiro atoms. The van der Waals surface area contributed by atoms with E-state index in [9.17, 15) is 4.79 Å². The van der Waals surface area contributed by atoms with Crippen molar-refractivity contribution in [2.24, 2.45) is 0 Å². The Balaban J connectivity index is 2.44. The molecule has 88 valence electrons. The third kappa shape index (κ3) is 2.39. The van der Waals surface area contributed by atoms with Gasteiger partial charge in [-0.3, -0.25) is 9.78 Å². The molecule has 1 aromatic heterocycles. The zero-order valence-electron chi connectivity index (χ0n) is 9.61. The molecular weight excluding hydrogens is 238 g/mol. The van der Waals surface area contributed by atoms with Gasteiger partial charge in [-0.25, -0.2) is 0 Å². The highest BCUT2D eigenvalue weighted by molar-refractivity contribution is 6.30. The lowest BCUT2D eigenvalue weighted by molar-refractivity contribution is -0.140. The minimum Gasteiger partial charge on any atom is -0.468 e. The molecule has 0 aliphatic heterocycles. The van der Waals surface area contributed by atoms with Crippen molar-refractivity contribution in [1.82, 2.24) is 4.98 Å². The summed E-state index contributed by atoms with van der Waals surface area (Å²) in [6.45, 7) is 1.94. The van der Waals surface area contributed by atoms with Gasteiger partial charge < -0.3 is 4.74 Å². The Kier molecular flexibility index (Phi) is 3.29. The second-order valence-electron chi connectivity index (χ2n) is 3.79. The first-order valence-corrected chi connectivity index (χ1v) is 5.64. The second-order valence-corrected chi connectivity index (χ2v) is 4.23. The molecular formula is C13H12ClNO2. The van der Waals surface area contributed by atoms with E-state index < -0.39 is 11.3 Å². The molecule has 0 N–H and O–H groups in total. The lowest BCUT2D eigenvalue weighted by Crippen LogP contribution is -2.08. The Morgan fingerprint density at radius 2 is 2.12 bits per heavy atom. The Bertz CT molecular complexity index is 568. The third-order valence-electron chi connectivity index (χ3n) is 2.55. The van der Waals surface area contributed by atoms with E-state index in [1.807, 2.05) is 31.2 Å². The topological polar surface area (TPSA) is 39.2 Å². The Morgan fingerprint density at radius 3 is 2.82 bits per heavy atom. The smallest absolute Gasteiger partial charge is 0.328 e. The van der Waals surface area contributed by atoms with Crippen molar-refractivity contribution in [2.45, 2.75) is 12.3 Å². The molecule has 0 saturated heterocycles. The minimum atomic E-state index is -0.772. The number of benzene rings is 1. The molecule has 0 bridgehead atoms. The van der Waals surface area contributed by atoms with Gasteiger partial charge in [0, 0.05) is 11.1 Å². The molecule has 17 heavy (non-hydrogen) atoms. The maximum Gasteiger partial charge on any atom is 0.328 e. The number of nitrogens with zero attached hydrogens (tertiary/aromatic N) is 1. The molecule has 1 heterocycles. The summed E-state index contributed by atoms with van der Waals surface area (Å²) in [7, 11) is 1.32. The molecule has 0 aliphatic carbocycles. The monoisotopic (exact) mass is 249 g/mol. The number of hydrogen-bond donors (Lipinski definition) is 0. The van der Waals surface area contributed by atoms with Crippen LogP contribution in [0.4, 0.5) is 0 Å². The van der Waals surface area contributed by atoms with Crippen LogP contribution in [-0.4, -0.2) is 18.1 Å². The van der Waals surface area contributed by atoms with E-state index >= 15 is 0 Å². The van der Waals surface area contributed by atoms with Crippen LogP contribution in [0.5, 0.6) is 0 Å². The van der Waals surface area contributed by atoms with Crippen molar-refractivity contribution in [3.8, 4) is 0 Å². The quantitative estimate of drug-likeness (QED) is 0.607. The fourth-order valence-corrected chi connectivity index (χ4v) is 1.87. The molecule has 4 heteroatoms. The fraction of sp³-hybridized carbons (Fsp3) is 0.231. The summed E-state index contributed by atoms with van der Waals surface area (Å²) < 4.78 is 4.61. The number of esters is 1. The molecule has 0 aliphatic rings. The summed E-state index contributed by atoms with van der Waals surface area (Å²) in [6, 6.07) is 9.39. The van der Waals surface area contributed by atoms with Crippen molar-refractivity contribution < 1.29 is 9.53 Å². The van der Waals surface area contributed by atoms with Crippen LogP contribution < -0.4 is 0 Å². The molecule has 1 atom stereocenters. The average molecular weight is 250 g/mol. The van der Waals surface area contributed by atoms with E-state index in [1.54, 1.807) is 6.07 Å². The highest BCUT2D eigenvalue weighted by Crippen LogP contribution is 2.25. The maximum absolute atomic E-state index is 11.3. The lowest BCUT2D eigenvalue weighted by Gasteiger charge is -2.08. The summed E-state index contributed by atoms with van der Waals surface area (Å²) in [5.74, 6) is -0.453. The predicted molar refractivity (Wildman–Crippen MR) is 67.1 cm³/mol. The van der Waals surface area contributed by atoms with Gasteiger partial charge in [0.15, 0.2) is 5.38 Å². The van der Waals surface area contributed by atoms with Crippen molar-refractivity contribution in [1.29, 1.82) is 0 Å². The van der Waals surface area contributed by atoms with Gasteiger partial charge >= 0.3 is 5.97 Å². The SMILES string of the molecule is COC(=O)C(Cl)c1ccc2nc(C)ccc2c1. The summed E-state index contributed by atoms with van der Waals surface area (Å²) in [5.41, 5.74) is 2.57. The molecule has 0 radical (unpaired) electrons. The van der Waals surface area contributed by atoms with E-state index in [2.05, 4.69) is 9.72 Å². The van der Waals surface area contributed by atoms with Crippen molar-refractivity contribution >= 4 is 28.5 Å². The van der Waals surface area contributed by atoms with Crippen molar-refractivity contribution in [3.63, 3.8) is 0 Å². The molecule has 2 rings (SSSR count). The van der Waals surface area contributed by atoms with Gasteiger partial charge in [0.1, 0.15) is 0 Å². The van der Waals surface area contributed by atoms with Crippen LogP contribution in [0.15, 0.2) is 30.3 Å². The van der Waals surface area contributed by atoms with Gasteiger partial charge in [-0.15, -0.1) is 11.6 Å². The first-order valence-electron chi connectivity index (χ1n) is 5.21. The van der Waals surface area contributed by atoms with E-state index in [0.29, 0.717) is 0 Å². The molecule has 0 saturated carbocycles. The highest BCUT2D eigenvalue weighted by Gasteiger charge is 2.18. The number of carbonyl (C=O) groups is 1. The number of hydrogen-bond acceptors (Lipinski definition) is 3. The number of aromatic nitrogens is 1. The van der Waals surface area contributed by atoms with Crippen LogP contribution in [0.25, 0.3) is 10.9 Å². The van der Waals surface area contributed by atoms with E-state index in [-0.39, 0.29) is 0 Å². The third-order valence-corrected chi connectivity index (χ3v) is 2.98. The highest BCUT2D eigenvalue weighted by atomic mass is 35.5. The van der Waals surface area contributed by atoms with Gasteiger partial charge in [0.2, 0.25) is 0 Å². The second kappa shape index (κ2) is 4.72. The molecule has 1 unspecified atom stereocenters. The number of alkyl halides is 1. The fourth-order valence-electron chi connectivity index (χ4n) is 1.64. The minimum absolute atomic E-state index is 0.453. The predicted octanol–water partition coefficient (Wildman–Crippen LogP) is 3.00. The number of aryl methyl sites for hydroxylation is 1. The number of carbonyl (C=O) groups excluding carboxylic acids is 1. The summed E-state index contributed by atoms with van der Waals surface area (Å²) in [5, 5.41) is 0.188. The van der Waals surface area contributed by atoms with Gasteiger partial charge in [-0.2, -0.15) is 0 Å². The van der Waals surface area contributed by atoms with Crippen LogP contribution in [-0.2, 0) is 9.53 Å². The number of fused-ring (bicyclic) bond motifs is 1. The van der Waals surface area contributed by atoms with Gasteiger partial charge in [0.25, 0.3) is 0 Å². The molecule has 2 aromatic rings. The molecule has 0 amide bonds. The number of ether oxygens (including phenoxy) is 1. The largest absolute Gasteiger partial charge is 0.468 e. The van der Waals surface area contributed by atoms with Crippen LogP contribution in [0, 0.1) is 6.92 Å².